The van der Waals surface area contributed by atoms with E-state index < -0.39 is 5.97 Å². The van der Waals surface area contributed by atoms with Crippen LogP contribution in [0.4, 0.5) is 0 Å². The van der Waals surface area contributed by atoms with Crippen molar-refractivity contribution in [2.45, 2.75) is 26.0 Å². The van der Waals surface area contributed by atoms with E-state index in [1.165, 1.54) is 0 Å². The Kier molecular flexibility index (Phi) is 3.99. The molecular formula is C14H19NO3. The lowest BCUT2D eigenvalue weighted by atomic mass is 10.0. The van der Waals surface area contributed by atoms with Gasteiger partial charge in [0.2, 0.25) is 0 Å². The minimum Gasteiger partial charge on any atom is -0.478 e. The molecule has 2 N–H and O–H groups in total. The van der Waals surface area contributed by atoms with Gasteiger partial charge in [0.05, 0.1) is 11.7 Å². The van der Waals surface area contributed by atoms with E-state index in [1.54, 1.807) is 12.1 Å². The third kappa shape index (κ3) is 3.09. The van der Waals surface area contributed by atoms with Gasteiger partial charge in [-0.15, -0.1) is 0 Å². The van der Waals surface area contributed by atoms with Crippen LogP contribution in [0.5, 0.6) is 0 Å². The molecule has 1 heterocycles. The molecule has 18 heavy (non-hydrogen) atoms. The van der Waals surface area contributed by atoms with Crippen LogP contribution >= 0.6 is 0 Å². The molecule has 0 amide bonds. The van der Waals surface area contributed by atoms with E-state index in [4.69, 9.17) is 5.11 Å². The smallest absolute Gasteiger partial charge is 0.335 e. The Balaban J connectivity index is 1.92. The number of aromatic carboxylic acids is 1. The summed E-state index contributed by atoms with van der Waals surface area (Å²) in [7, 11) is 0. The first kappa shape index (κ1) is 13.1. The van der Waals surface area contributed by atoms with Crippen LogP contribution in [0.1, 0.15) is 29.3 Å². The van der Waals surface area contributed by atoms with Crippen molar-refractivity contribution >= 4 is 5.97 Å². The highest BCUT2D eigenvalue weighted by molar-refractivity contribution is 5.87. The second kappa shape index (κ2) is 5.50. The van der Waals surface area contributed by atoms with Crippen molar-refractivity contribution in [2.24, 2.45) is 5.92 Å². The number of nitrogens with zero attached hydrogens (tertiary/aromatic N) is 1. The lowest BCUT2D eigenvalue weighted by Crippen LogP contribution is -2.23. The second-order valence-electron chi connectivity index (χ2n) is 5.03. The first-order chi connectivity index (χ1) is 8.56. The monoisotopic (exact) mass is 249 g/mol. The molecule has 2 atom stereocenters. The van der Waals surface area contributed by atoms with Crippen molar-refractivity contribution in [3.8, 4) is 0 Å². The highest BCUT2D eigenvalue weighted by Crippen LogP contribution is 2.21. The predicted molar refractivity (Wildman–Crippen MR) is 68.5 cm³/mol. The number of benzene rings is 1. The lowest BCUT2D eigenvalue weighted by molar-refractivity contribution is 0.0697. The highest BCUT2D eigenvalue weighted by Gasteiger charge is 2.25. The van der Waals surface area contributed by atoms with Crippen molar-refractivity contribution in [1.82, 2.24) is 4.90 Å². The molecule has 0 aromatic heterocycles. The second-order valence-corrected chi connectivity index (χ2v) is 5.03. The third-order valence-corrected chi connectivity index (χ3v) is 3.60. The van der Waals surface area contributed by atoms with Crippen molar-refractivity contribution in [3.05, 3.63) is 35.4 Å². The molecule has 0 aliphatic carbocycles. The number of carboxylic acid groups (broad SMARTS) is 1. The number of hydrogen-bond acceptors (Lipinski definition) is 3. The van der Waals surface area contributed by atoms with Gasteiger partial charge in [-0.2, -0.15) is 0 Å². The summed E-state index contributed by atoms with van der Waals surface area (Å²) in [5.74, 6) is -0.528. The van der Waals surface area contributed by atoms with Crippen LogP contribution in [-0.2, 0) is 6.54 Å². The van der Waals surface area contributed by atoms with Gasteiger partial charge in [0.1, 0.15) is 0 Å². The topological polar surface area (TPSA) is 60.8 Å². The molecule has 0 radical (unpaired) electrons. The molecule has 1 saturated heterocycles. The van der Waals surface area contributed by atoms with E-state index >= 15 is 0 Å². The van der Waals surface area contributed by atoms with Gasteiger partial charge in [-0.05, 0) is 43.5 Å². The first-order valence-electron chi connectivity index (χ1n) is 6.29. The molecule has 0 saturated carbocycles. The van der Waals surface area contributed by atoms with Gasteiger partial charge in [0.25, 0.3) is 0 Å². The van der Waals surface area contributed by atoms with Crippen LogP contribution in [0.2, 0.25) is 0 Å². The zero-order valence-electron chi connectivity index (χ0n) is 10.5. The molecule has 1 aromatic carbocycles. The highest BCUT2D eigenvalue weighted by atomic mass is 16.4. The number of aliphatic hydroxyl groups is 1. The van der Waals surface area contributed by atoms with Crippen molar-refractivity contribution in [1.29, 1.82) is 0 Å². The van der Waals surface area contributed by atoms with Gasteiger partial charge in [0.15, 0.2) is 0 Å². The Morgan fingerprint density at radius 2 is 2.11 bits per heavy atom. The van der Waals surface area contributed by atoms with E-state index in [9.17, 15) is 9.90 Å². The summed E-state index contributed by atoms with van der Waals surface area (Å²) in [6.07, 6.45) is 0.787. The fraction of sp³-hybridized carbons (Fsp3) is 0.500. The average Bonchev–Trinajstić information content (AvgIpc) is 2.78. The van der Waals surface area contributed by atoms with E-state index in [0.29, 0.717) is 11.5 Å². The molecule has 1 aromatic rings. The molecule has 1 fully saturated rings. The number of carbonyl (C=O) groups is 1. The summed E-state index contributed by atoms with van der Waals surface area (Å²) in [5.41, 5.74) is 1.44. The van der Waals surface area contributed by atoms with E-state index in [0.717, 1.165) is 31.6 Å². The summed E-state index contributed by atoms with van der Waals surface area (Å²) in [6, 6.07) is 7.00. The maximum Gasteiger partial charge on any atom is 0.335 e. The van der Waals surface area contributed by atoms with Crippen LogP contribution in [0, 0.1) is 5.92 Å². The molecule has 2 rings (SSSR count). The van der Waals surface area contributed by atoms with Crippen LogP contribution < -0.4 is 0 Å². The standard InChI is InChI=1S/C14H19NO3/c1-10(16)13-6-7-15(9-13)8-11-2-4-12(5-3-11)14(17)18/h2-5,10,13,16H,6-9H2,1H3,(H,17,18). The Hall–Kier alpha value is -1.39. The molecule has 4 heteroatoms. The Morgan fingerprint density at radius 1 is 1.44 bits per heavy atom. The fourth-order valence-electron chi connectivity index (χ4n) is 2.41. The van der Waals surface area contributed by atoms with Crippen molar-refractivity contribution in [2.75, 3.05) is 13.1 Å². The van der Waals surface area contributed by atoms with E-state index in [-0.39, 0.29) is 6.10 Å². The van der Waals surface area contributed by atoms with E-state index in [1.807, 2.05) is 19.1 Å². The third-order valence-electron chi connectivity index (χ3n) is 3.60. The van der Waals surface area contributed by atoms with Crippen LogP contribution in [0.3, 0.4) is 0 Å². The summed E-state index contributed by atoms with van der Waals surface area (Å²) in [4.78, 5) is 13.0. The maximum atomic E-state index is 10.7. The maximum absolute atomic E-state index is 10.7. The van der Waals surface area contributed by atoms with Gasteiger partial charge < -0.3 is 10.2 Å². The first-order valence-corrected chi connectivity index (χ1v) is 6.29. The molecule has 98 valence electrons. The number of likely N-dealkylation sites (tertiary alicyclic amines) is 1. The Bertz CT molecular complexity index is 414. The minimum atomic E-state index is -0.892. The largest absolute Gasteiger partial charge is 0.478 e. The SMILES string of the molecule is CC(O)C1CCN(Cc2ccc(C(=O)O)cc2)C1. The fourth-order valence-corrected chi connectivity index (χ4v) is 2.41. The summed E-state index contributed by atoms with van der Waals surface area (Å²) in [6.45, 7) is 4.58. The van der Waals surface area contributed by atoms with Crippen LogP contribution in [0.15, 0.2) is 24.3 Å². The van der Waals surface area contributed by atoms with Crippen LogP contribution in [0.25, 0.3) is 0 Å². The molecule has 0 bridgehead atoms. The summed E-state index contributed by atoms with van der Waals surface area (Å²) >= 11 is 0. The average molecular weight is 249 g/mol. The van der Waals surface area contributed by atoms with Crippen molar-refractivity contribution < 1.29 is 15.0 Å². The Labute approximate surface area is 107 Å². The summed E-state index contributed by atoms with van der Waals surface area (Å²) in [5, 5.41) is 18.4. The zero-order valence-corrected chi connectivity index (χ0v) is 10.5. The summed E-state index contributed by atoms with van der Waals surface area (Å²) < 4.78 is 0. The molecule has 2 unspecified atom stereocenters. The minimum absolute atomic E-state index is 0.246. The Morgan fingerprint density at radius 3 is 2.61 bits per heavy atom. The van der Waals surface area contributed by atoms with Gasteiger partial charge in [-0.25, -0.2) is 4.79 Å². The van der Waals surface area contributed by atoms with Crippen molar-refractivity contribution in [3.63, 3.8) is 0 Å². The lowest BCUT2D eigenvalue weighted by Gasteiger charge is -2.17. The zero-order chi connectivity index (χ0) is 13.1. The van der Waals surface area contributed by atoms with Gasteiger partial charge >= 0.3 is 5.97 Å². The number of rotatable bonds is 4. The predicted octanol–water partition coefficient (Wildman–Crippen LogP) is 1.59. The van der Waals surface area contributed by atoms with Gasteiger partial charge in [0, 0.05) is 13.1 Å². The number of aliphatic hydroxyl groups excluding tert-OH is 1. The molecule has 1 aliphatic rings. The number of hydrogen-bond donors (Lipinski definition) is 2. The molecule has 0 spiro atoms. The van der Waals surface area contributed by atoms with E-state index in [2.05, 4.69) is 4.90 Å². The van der Waals surface area contributed by atoms with Gasteiger partial charge in [-0.3, -0.25) is 4.90 Å². The normalized spacial score (nSPS) is 22.0. The van der Waals surface area contributed by atoms with Gasteiger partial charge in [-0.1, -0.05) is 12.1 Å². The molecular weight excluding hydrogens is 230 g/mol. The molecule has 1 aliphatic heterocycles. The number of carboxylic acids is 1. The molecule has 4 nitrogen and oxygen atoms in total. The van der Waals surface area contributed by atoms with Crippen LogP contribution in [-0.4, -0.2) is 40.3 Å². The quantitative estimate of drug-likeness (QED) is 0.850.